The normalized spacial score (nSPS) is 13.5. The maximum absolute atomic E-state index is 12.9. The van der Waals surface area contributed by atoms with Crippen molar-refractivity contribution in [1.29, 1.82) is 0 Å². The van der Waals surface area contributed by atoms with Gasteiger partial charge < -0.3 is 19.9 Å². The number of carbonyl (C=O) groups is 1. The van der Waals surface area contributed by atoms with E-state index in [9.17, 15) is 14.9 Å². The summed E-state index contributed by atoms with van der Waals surface area (Å²) in [4.78, 5) is 28.0. The Morgan fingerprint density at radius 2 is 1.76 bits per heavy atom. The fraction of sp³-hybridized carbons (Fsp3) is 0.240. The van der Waals surface area contributed by atoms with Crippen LogP contribution < -0.4 is 15.0 Å². The molecule has 1 aliphatic heterocycles. The van der Waals surface area contributed by atoms with Gasteiger partial charge in [-0.25, -0.2) is 0 Å². The number of nitro benzene ring substituents is 1. The van der Waals surface area contributed by atoms with Crippen LogP contribution in [0.25, 0.3) is 0 Å². The van der Waals surface area contributed by atoms with Crippen molar-refractivity contribution in [1.82, 2.24) is 4.90 Å². The fourth-order valence-corrected chi connectivity index (χ4v) is 3.92. The van der Waals surface area contributed by atoms with Crippen LogP contribution in [0.3, 0.4) is 0 Å². The molecule has 1 aliphatic rings. The van der Waals surface area contributed by atoms with E-state index in [4.69, 9.17) is 4.74 Å². The molecule has 0 radical (unpaired) electrons. The average molecular weight is 447 g/mol. The molecule has 1 saturated heterocycles. The minimum atomic E-state index is -0.373. The standard InChI is InChI=1S/C25H26N4O4/c1-33-22-9-5-8-20(16-22)25(30)28-14-12-27(13-15-28)21-10-11-24(29(31)32)23(17-21)26-18-19-6-3-2-4-7-19/h2-11,16-17,26H,12-15,18H2,1H3. The van der Waals surface area contributed by atoms with Gasteiger partial charge in [0.05, 0.1) is 12.0 Å². The third-order valence-corrected chi connectivity index (χ3v) is 5.75. The molecule has 1 amide bonds. The molecule has 0 spiro atoms. The number of ether oxygens (including phenoxy) is 1. The molecule has 0 saturated carbocycles. The summed E-state index contributed by atoms with van der Waals surface area (Å²) in [5.74, 6) is 0.628. The number of nitro groups is 1. The first kappa shape index (κ1) is 22.1. The summed E-state index contributed by atoms with van der Waals surface area (Å²) in [6, 6.07) is 22.0. The summed E-state index contributed by atoms with van der Waals surface area (Å²) in [5, 5.41) is 14.7. The van der Waals surface area contributed by atoms with Crippen molar-refractivity contribution in [2.24, 2.45) is 0 Å². The molecular weight excluding hydrogens is 420 g/mol. The molecule has 1 N–H and O–H groups in total. The second-order valence-electron chi connectivity index (χ2n) is 7.81. The molecule has 0 bridgehead atoms. The number of hydrogen-bond acceptors (Lipinski definition) is 6. The van der Waals surface area contributed by atoms with Gasteiger partial charge in [-0.05, 0) is 35.9 Å². The predicted molar refractivity (Wildman–Crippen MR) is 128 cm³/mol. The van der Waals surface area contributed by atoms with Crippen molar-refractivity contribution in [3.63, 3.8) is 0 Å². The number of nitrogens with zero attached hydrogens (tertiary/aromatic N) is 3. The number of hydrogen-bond donors (Lipinski definition) is 1. The van der Waals surface area contributed by atoms with Crippen molar-refractivity contribution in [2.75, 3.05) is 43.5 Å². The van der Waals surface area contributed by atoms with Crippen LogP contribution >= 0.6 is 0 Å². The highest BCUT2D eigenvalue weighted by Crippen LogP contribution is 2.30. The Kier molecular flexibility index (Phi) is 6.73. The van der Waals surface area contributed by atoms with Gasteiger partial charge in [0.25, 0.3) is 11.6 Å². The first-order valence-electron chi connectivity index (χ1n) is 10.8. The Morgan fingerprint density at radius 3 is 2.45 bits per heavy atom. The van der Waals surface area contributed by atoms with Crippen LogP contribution in [-0.4, -0.2) is 49.0 Å². The number of methoxy groups -OCH3 is 1. The van der Waals surface area contributed by atoms with Gasteiger partial charge in [-0.15, -0.1) is 0 Å². The zero-order valence-corrected chi connectivity index (χ0v) is 18.4. The van der Waals surface area contributed by atoms with Crippen molar-refractivity contribution in [2.45, 2.75) is 6.54 Å². The van der Waals surface area contributed by atoms with Crippen LogP contribution in [-0.2, 0) is 6.54 Å². The number of nitrogens with one attached hydrogen (secondary N) is 1. The molecular formula is C25H26N4O4. The molecule has 33 heavy (non-hydrogen) atoms. The van der Waals surface area contributed by atoms with Gasteiger partial charge in [-0.2, -0.15) is 0 Å². The van der Waals surface area contributed by atoms with Crippen LogP contribution in [0.5, 0.6) is 5.75 Å². The number of amides is 1. The minimum absolute atomic E-state index is 0.0255. The zero-order chi connectivity index (χ0) is 23.2. The highest BCUT2D eigenvalue weighted by Gasteiger charge is 2.24. The van der Waals surface area contributed by atoms with Gasteiger partial charge in [0.1, 0.15) is 11.4 Å². The van der Waals surface area contributed by atoms with Crippen LogP contribution in [0.15, 0.2) is 72.8 Å². The smallest absolute Gasteiger partial charge is 0.292 e. The van der Waals surface area contributed by atoms with E-state index in [1.165, 1.54) is 6.07 Å². The van der Waals surface area contributed by atoms with Crippen molar-refractivity contribution in [3.05, 3.63) is 94.0 Å². The molecule has 8 nitrogen and oxygen atoms in total. The van der Waals surface area contributed by atoms with Gasteiger partial charge in [-0.3, -0.25) is 14.9 Å². The van der Waals surface area contributed by atoms with Gasteiger partial charge in [0, 0.05) is 50.0 Å². The number of carbonyl (C=O) groups excluding carboxylic acids is 1. The maximum atomic E-state index is 12.9. The molecule has 3 aromatic rings. The van der Waals surface area contributed by atoms with Crippen LogP contribution in [0.4, 0.5) is 17.1 Å². The number of rotatable bonds is 7. The second kappa shape index (κ2) is 10.0. The van der Waals surface area contributed by atoms with Crippen molar-refractivity contribution in [3.8, 4) is 5.75 Å². The van der Waals surface area contributed by atoms with E-state index in [0.29, 0.717) is 49.7 Å². The summed E-state index contributed by atoms with van der Waals surface area (Å²) in [6.45, 7) is 2.92. The van der Waals surface area contributed by atoms with Crippen LogP contribution in [0.1, 0.15) is 15.9 Å². The number of anilines is 2. The fourth-order valence-electron chi connectivity index (χ4n) is 3.92. The van der Waals surface area contributed by atoms with Crippen molar-refractivity contribution < 1.29 is 14.5 Å². The zero-order valence-electron chi connectivity index (χ0n) is 18.4. The largest absolute Gasteiger partial charge is 0.497 e. The summed E-state index contributed by atoms with van der Waals surface area (Å²) in [6.07, 6.45) is 0. The highest BCUT2D eigenvalue weighted by atomic mass is 16.6. The third kappa shape index (κ3) is 5.23. The Hall–Kier alpha value is -4.07. The van der Waals surface area contributed by atoms with Crippen LogP contribution in [0.2, 0.25) is 0 Å². The molecule has 170 valence electrons. The topological polar surface area (TPSA) is 88.0 Å². The van der Waals surface area contributed by atoms with Gasteiger partial charge >= 0.3 is 0 Å². The van der Waals surface area contributed by atoms with Crippen LogP contribution in [0, 0.1) is 10.1 Å². The summed E-state index contributed by atoms with van der Waals surface area (Å²) in [5.41, 5.74) is 3.06. The average Bonchev–Trinajstić information content (AvgIpc) is 2.87. The first-order chi connectivity index (χ1) is 16.0. The Labute approximate surface area is 192 Å². The lowest BCUT2D eigenvalue weighted by Crippen LogP contribution is -2.48. The highest BCUT2D eigenvalue weighted by molar-refractivity contribution is 5.94. The van der Waals surface area contributed by atoms with E-state index in [1.807, 2.05) is 53.4 Å². The molecule has 0 unspecified atom stereocenters. The second-order valence-corrected chi connectivity index (χ2v) is 7.81. The lowest BCUT2D eigenvalue weighted by Gasteiger charge is -2.36. The molecule has 8 heteroatoms. The molecule has 1 fully saturated rings. The Balaban J connectivity index is 1.44. The van der Waals surface area contributed by atoms with Crippen molar-refractivity contribution >= 4 is 23.0 Å². The van der Waals surface area contributed by atoms with Gasteiger partial charge in [-0.1, -0.05) is 36.4 Å². The molecule has 1 heterocycles. The van der Waals surface area contributed by atoms with Gasteiger partial charge in [0.2, 0.25) is 0 Å². The molecule has 0 aliphatic carbocycles. The molecule has 0 aromatic heterocycles. The SMILES string of the molecule is COc1cccc(C(=O)N2CCN(c3ccc([N+](=O)[O-])c(NCc4ccccc4)c3)CC2)c1. The van der Waals surface area contributed by atoms with E-state index in [2.05, 4.69) is 10.2 Å². The summed E-state index contributed by atoms with van der Waals surface area (Å²) in [7, 11) is 1.58. The van der Waals surface area contributed by atoms with E-state index in [-0.39, 0.29) is 16.5 Å². The molecule has 3 aromatic carbocycles. The molecule has 4 rings (SSSR count). The first-order valence-corrected chi connectivity index (χ1v) is 10.8. The Morgan fingerprint density at radius 1 is 1.00 bits per heavy atom. The van der Waals surface area contributed by atoms with E-state index >= 15 is 0 Å². The van der Waals surface area contributed by atoms with E-state index in [0.717, 1.165) is 11.3 Å². The quantitative estimate of drug-likeness (QED) is 0.433. The number of benzene rings is 3. The number of piperazine rings is 1. The predicted octanol–water partition coefficient (Wildman–Crippen LogP) is 4.18. The Bertz CT molecular complexity index is 1130. The van der Waals surface area contributed by atoms with E-state index in [1.54, 1.807) is 25.3 Å². The summed E-state index contributed by atoms with van der Waals surface area (Å²) >= 11 is 0. The lowest BCUT2D eigenvalue weighted by atomic mass is 10.1. The monoisotopic (exact) mass is 446 g/mol. The van der Waals surface area contributed by atoms with Gasteiger partial charge in [0.15, 0.2) is 0 Å². The third-order valence-electron chi connectivity index (χ3n) is 5.75. The lowest BCUT2D eigenvalue weighted by molar-refractivity contribution is -0.384. The molecule has 0 atom stereocenters. The maximum Gasteiger partial charge on any atom is 0.292 e. The van der Waals surface area contributed by atoms with E-state index < -0.39 is 0 Å². The minimum Gasteiger partial charge on any atom is -0.497 e. The summed E-state index contributed by atoms with van der Waals surface area (Å²) < 4.78 is 5.22.